The molecule has 2 heteroatoms. The molecule has 0 aliphatic heterocycles. The lowest BCUT2D eigenvalue weighted by molar-refractivity contribution is 0.577. The zero-order chi connectivity index (χ0) is 8.97. The molecule has 0 aromatic heterocycles. The number of benzene rings is 1. The topological polar surface area (TPSA) is 52.0 Å². The van der Waals surface area contributed by atoms with Crippen LogP contribution in [0, 0.1) is 0 Å². The van der Waals surface area contributed by atoms with Gasteiger partial charge in [-0.2, -0.15) is 0 Å². The molecule has 0 bridgehead atoms. The fourth-order valence-electron chi connectivity index (χ4n) is 1.35. The van der Waals surface area contributed by atoms with Crippen molar-refractivity contribution in [3.05, 3.63) is 35.9 Å². The van der Waals surface area contributed by atoms with Crippen LogP contribution in [0.1, 0.15) is 18.4 Å². The third-order valence-electron chi connectivity index (χ3n) is 2.12. The molecule has 2 atom stereocenters. The lowest BCUT2D eigenvalue weighted by Crippen LogP contribution is -2.30. The van der Waals surface area contributed by atoms with Crippen LogP contribution in [0.25, 0.3) is 0 Å². The maximum atomic E-state index is 5.80. The fraction of sp³-hybridized carbons (Fsp3) is 0.400. The molecule has 2 nitrogen and oxygen atoms in total. The highest BCUT2D eigenvalue weighted by molar-refractivity contribution is 5.21. The van der Waals surface area contributed by atoms with E-state index in [9.17, 15) is 0 Å². The van der Waals surface area contributed by atoms with Gasteiger partial charge in [0.15, 0.2) is 0 Å². The third-order valence-corrected chi connectivity index (χ3v) is 2.12. The summed E-state index contributed by atoms with van der Waals surface area (Å²) in [4.78, 5) is 0. The number of hydrogen-bond donors (Lipinski definition) is 2. The van der Waals surface area contributed by atoms with E-state index in [4.69, 9.17) is 11.5 Å². The largest absolute Gasteiger partial charge is 0.330 e. The lowest BCUT2D eigenvalue weighted by Gasteiger charge is -2.18. The van der Waals surface area contributed by atoms with Crippen molar-refractivity contribution in [2.75, 3.05) is 6.54 Å². The Balaban J connectivity index is 2.80. The first-order valence-electron chi connectivity index (χ1n) is 4.26. The molecule has 0 saturated carbocycles. The normalized spacial score (nSPS) is 15.6. The summed E-state index contributed by atoms with van der Waals surface area (Å²) in [7, 11) is 0. The molecule has 0 spiro atoms. The summed E-state index contributed by atoms with van der Waals surface area (Å²) in [6, 6.07) is 10.3. The molecule has 1 rings (SSSR count). The number of hydrogen-bond acceptors (Lipinski definition) is 2. The van der Waals surface area contributed by atoms with Crippen LogP contribution in [-0.2, 0) is 0 Å². The second kappa shape index (κ2) is 4.24. The Hall–Kier alpha value is -0.860. The van der Waals surface area contributed by atoms with Crippen molar-refractivity contribution < 1.29 is 0 Å². The highest BCUT2D eigenvalue weighted by Crippen LogP contribution is 2.16. The van der Waals surface area contributed by atoms with Gasteiger partial charge in [0, 0.05) is 18.5 Å². The Bertz CT molecular complexity index is 219. The summed E-state index contributed by atoms with van der Waals surface area (Å²) in [6.45, 7) is 2.60. The van der Waals surface area contributed by atoms with Crippen molar-refractivity contribution in [2.24, 2.45) is 11.5 Å². The van der Waals surface area contributed by atoms with Gasteiger partial charge in [-0.25, -0.2) is 0 Å². The number of rotatable bonds is 3. The van der Waals surface area contributed by atoms with Gasteiger partial charge in [-0.05, 0) is 12.5 Å². The van der Waals surface area contributed by atoms with Crippen LogP contribution >= 0.6 is 0 Å². The van der Waals surface area contributed by atoms with Gasteiger partial charge in [0.1, 0.15) is 0 Å². The van der Waals surface area contributed by atoms with E-state index in [1.54, 1.807) is 0 Å². The van der Waals surface area contributed by atoms with Gasteiger partial charge in [-0.15, -0.1) is 0 Å². The SMILES string of the molecule is C[C@H](N)[C@H](CN)c1ccccc1. The highest BCUT2D eigenvalue weighted by atomic mass is 14.7. The summed E-state index contributed by atoms with van der Waals surface area (Å²) in [5.74, 6) is 0.284. The van der Waals surface area contributed by atoms with E-state index in [2.05, 4.69) is 12.1 Å². The average molecular weight is 164 g/mol. The molecule has 1 aromatic carbocycles. The second-order valence-corrected chi connectivity index (χ2v) is 3.11. The zero-order valence-electron chi connectivity index (χ0n) is 7.40. The summed E-state index contributed by atoms with van der Waals surface area (Å²) in [5.41, 5.74) is 12.7. The van der Waals surface area contributed by atoms with Crippen molar-refractivity contribution in [3.63, 3.8) is 0 Å². The molecule has 0 saturated heterocycles. The van der Waals surface area contributed by atoms with Gasteiger partial charge in [-0.1, -0.05) is 30.3 Å². The Morgan fingerprint density at radius 1 is 1.25 bits per heavy atom. The summed E-state index contributed by atoms with van der Waals surface area (Å²) in [5, 5.41) is 0. The molecule has 0 unspecified atom stereocenters. The Morgan fingerprint density at radius 3 is 2.25 bits per heavy atom. The van der Waals surface area contributed by atoms with Gasteiger partial charge >= 0.3 is 0 Å². The van der Waals surface area contributed by atoms with Crippen LogP contribution in [0.3, 0.4) is 0 Å². The first kappa shape index (κ1) is 9.23. The Labute approximate surface area is 73.6 Å². The standard InChI is InChI=1S/C10H16N2/c1-8(12)10(7-11)9-5-3-2-4-6-9/h2-6,8,10H,7,11-12H2,1H3/t8-,10-/m0/s1. The molecular formula is C10H16N2. The van der Waals surface area contributed by atoms with Crippen LogP contribution in [0.5, 0.6) is 0 Å². The maximum Gasteiger partial charge on any atom is 0.0110 e. The molecule has 0 radical (unpaired) electrons. The van der Waals surface area contributed by atoms with Crippen LogP contribution in [0.2, 0.25) is 0 Å². The van der Waals surface area contributed by atoms with E-state index in [0.29, 0.717) is 6.54 Å². The monoisotopic (exact) mass is 164 g/mol. The minimum absolute atomic E-state index is 0.123. The van der Waals surface area contributed by atoms with Gasteiger partial charge in [-0.3, -0.25) is 0 Å². The van der Waals surface area contributed by atoms with Gasteiger partial charge in [0.2, 0.25) is 0 Å². The molecular weight excluding hydrogens is 148 g/mol. The molecule has 4 N–H and O–H groups in total. The minimum atomic E-state index is 0.123. The minimum Gasteiger partial charge on any atom is -0.330 e. The fourth-order valence-corrected chi connectivity index (χ4v) is 1.35. The van der Waals surface area contributed by atoms with E-state index < -0.39 is 0 Å². The summed E-state index contributed by atoms with van der Waals surface area (Å²) < 4.78 is 0. The Kier molecular flexibility index (Phi) is 3.26. The Morgan fingerprint density at radius 2 is 1.83 bits per heavy atom. The first-order valence-corrected chi connectivity index (χ1v) is 4.26. The molecule has 66 valence electrons. The molecule has 0 fully saturated rings. The highest BCUT2D eigenvalue weighted by Gasteiger charge is 2.12. The van der Waals surface area contributed by atoms with Crippen LogP contribution < -0.4 is 11.5 Å². The lowest BCUT2D eigenvalue weighted by atomic mass is 9.93. The van der Waals surface area contributed by atoms with Crippen molar-refractivity contribution in [3.8, 4) is 0 Å². The van der Waals surface area contributed by atoms with Crippen LogP contribution in [0.15, 0.2) is 30.3 Å². The van der Waals surface area contributed by atoms with Gasteiger partial charge < -0.3 is 11.5 Å². The molecule has 0 amide bonds. The molecule has 12 heavy (non-hydrogen) atoms. The van der Waals surface area contributed by atoms with E-state index >= 15 is 0 Å². The van der Waals surface area contributed by atoms with Crippen LogP contribution in [-0.4, -0.2) is 12.6 Å². The van der Waals surface area contributed by atoms with Crippen molar-refractivity contribution >= 4 is 0 Å². The molecule has 1 aromatic rings. The van der Waals surface area contributed by atoms with Crippen molar-refractivity contribution in [1.29, 1.82) is 0 Å². The smallest absolute Gasteiger partial charge is 0.0110 e. The van der Waals surface area contributed by atoms with Crippen LogP contribution in [0.4, 0.5) is 0 Å². The molecule has 0 heterocycles. The predicted molar refractivity (Wildman–Crippen MR) is 51.9 cm³/mol. The predicted octanol–water partition coefficient (Wildman–Crippen LogP) is 1.08. The quantitative estimate of drug-likeness (QED) is 0.702. The molecule has 0 aliphatic carbocycles. The molecule has 0 aliphatic rings. The van der Waals surface area contributed by atoms with E-state index in [1.807, 2.05) is 25.1 Å². The zero-order valence-corrected chi connectivity index (χ0v) is 7.40. The van der Waals surface area contributed by atoms with Gasteiger partial charge in [0.25, 0.3) is 0 Å². The average Bonchev–Trinajstić information content (AvgIpc) is 2.07. The van der Waals surface area contributed by atoms with E-state index in [-0.39, 0.29) is 12.0 Å². The third kappa shape index (κ3) is 2.06. The maximum absolute atomic E-state index is 5.80. The second-order valence-electron chi connectivity index (χ2n) is 3.11. The number of nitrogens with two attached hydrogens (primary N) is 2. The summed E-state index contributed by atoms with van der Waals surface area (Å²) >= 11 is 0. The summed E-state index contributed by atoms with van der Waals surface area (Å²) in [6.07, 6.45) is 0. The first-order chi connectivity index (χ1) is 5.75. The van der Waals surface area contributed by atoms with E-state index in [1.165, 1.54) is 5.56 Å². The van der Waals surface area contributed by atoms with Crippen molar-refractivity contribution in [1.82, 2.24) is 0 Å². The van der Waals surface area contributed by atoms with E-state index in [0.717, 1.165) is 0 Å². The van der Waals surface area contributed by atoms with Gasteiger partial charge in [0.05, 0.1) is 0 Å². The van der Waals surface area contributed by atoms with Crippen molar-refractivity contribution in [2.45, 2.75) is 18.9 Å².